The van der Waals surface area contributed by atoms with Gasteiger partial charge in [-0.2, -0.15) is 4.98 Å². The van der Waals surface area contributed by atoms with Crippen molar-refractivity contribution in [1.82, 2.24) is 20.3 Å². The molecule has 0 aliphatic carbocycles. The Bertz CT molecular complexity index is 1490. The van der Waals surface area contributed by atoms with Crippen molar-refractivity contribution in [3.05, 3.63) is 70.4 Å². The summed E-state index contributed by atoms with van der Waals surface area (Å²) in [7, 11) is 0. The van der Waals surface area contributed by atoms with E-state index in [4.69, 9.17) is 21.4 Å². The molecule has 4 aromatic rings. The van der Waals surface area contributed by atoms with Crippen LogP contribution in [0.25, 0.3) is 22.2 Å². The highest BCUT2D eigenvalue weighted by Crippen LogP contribution is 2.37. The number of amides is 2. The minimum atomic E-state index is -1.17. The van der Waals surface area contributed by atoms with Gasteiger partial charge >= 0.3 is 12.0 Å². The van der Waals surface area contributed by atoms with Crippen LogP contribution in [0.1, 0.15) is 16.7 Å². The number of benzene rings is 2. The fraction of sp³-hybridized carbons (Fsp3) is 0.160. The molecule has 2 aromatic heterocycles. The highest BCUT2D eigenvalue weighted by atomic mass is 35.5. The number of hydrogen-bond donors (Lipinski definition) is 4. The van der Waals surface area contributed by atoms with Gasteiger partial charge in [-0.1, -0.05) is 29.8 Å². The number of carboxylic acids is 1. The lowest BCUT2D eigenvalue weighted by Gasteiger charge is -2.15. The highest BCUT2D eigenvalue weighted by molar-refractivity contribution is 6.33. The summed E-state index contributed by atoms with van der Waals surface area (Å²) < 4.78 is 5.47. The number of rotatable bonds is 6. The first-order valence-electron chi connectivity index (χ1n) is 11.0. The van der Waals surface area contributed by atoms with Crippen LogP contribution in [-0.2, 0) is 22.7 Å². The molecule has 0 spiro atoms. The van der Waals surface area contributed by atoms with Crippen LogP contribution in [0.15, 0.2) is 48.7 Å². The maximum Gasteiger partial charge on any atom is 0.323 e. The van der Waals surface area contributed by atoms with Crippen molar-refractivity contribution in [3.63, 3.8) is 0 Å². The molecule has 182 valence electrons. The van der Waals surface area contributed by atoms with Crippen LogP contribution in [0.3, 0.4) is 0 Å². The number of aromatic nitrogens is 3. The van der Waals surface area contributed by atoms with Gasteiger partial charge in [0.05, 0.1) is 13.2 Å². The second-order valence-corrected chi connectivity index (χ2v) is 8.63. The molecule has 0 atom stereocenters. The fourth-order valence-corrected chi connectivity index (χ4v) is 4.29. The molecule has 11 heteroatoms. The third-order valence-electron chi connectivity index (χ3n) is 5.67. The van der Waals surface area contributed by atoms with Crippen molar-refractivity contribution >= 4 is 52.1 Å². The number of carboxylic acid groups (broad SMARTS) is 1. The van der Waals surface area contributed by atoms with Gasteiger partial charge in [-0.3, -0.25) is 10.1 Å². The molecule has 2 aromatic carbocycles. The third kappa shape index (κ3) is 4.90. The average molecular weight is 505 g/mol. The molecule has 1 aliphatic rings. The molecule has 0 fully saturated rings. The monoisotopic (exact) mass is 504 g/mol. The fourth-order valence-electron chi connectivity index (χ4n) is 3.97. The number of fused-ring (bicyclic) bond motifs is 2. The first-order valence-corrected chi connectivity index (χ1v) is 11.4. The molecule has 2 amide bonds. The highest BCUT2D eigenvalue weighted by Gasteiger charge is 2.18. The normalized spacial score (nSPS) is 12.3. The summed E-state index contributed by atoms with van der Waals surface area (Å²) in [5.74, 6) is -0.655. The summed E-state index contributed by atoms with van der Waals surface area (Å²) in [6.07, 6.45) is 1.64. The Kier molecular flexibility index (Phi) is 6.36. The average Bonchev–Trinajstić information content (AvgIpc) is 3.31. The molecule has 5 rings (SSSR count). The predicted molar refractivity (Wildman–Crippen MR) is 135 cm³/mol. The Balaban J connectivity index is 1.53. The Labute approximate surface area is 210 Å². The summed E-state index contributed by atoms with van der Waals surface area (Å²) in [4.78, 5) is 36.8. The van der Waals surface area contributed by atoms with Gasteiger partial charge in [-0.05, 0) is 47.9 Å². The maximum absolute atomic E-state index is 12.4. The van der Waals surface area contributed by atoms with E-state index < -0.39 is 18.5 Å². The number of pyridine rings is 1. The molecule has 0 saturated heterocycles. The van der Waals surface area contributed by atoms with Gasteiger partial charge in [0, 0.05) is 33.4 Å². The molecule has 10 nitrogen and oxygen atoms in total. The van der Waals surface area contributed by atoms with Crippen molar-refractivity contribution < 1.29 is 19.4 Å². The second kappa shape index (κ2) is 9.76. The Morgan fingerprint density at radius 3 is 2.75 bits per heavy atom. The SMILES string of the molecule is Cc1cccc(Cl)c1-c1cc2cnc(Nc3ccc4c(c3)COC4)nc2nc1NC(=O)NCC(=O)O. The van der Waals surface area contributed by atoms with Gasteiger partial charge < -0.3 is 20.5 Å². The van der Waals surface area contributed by atoms with Crippen LogP contribution in [-0.4, -0.2) is 38.6 Å². The number of nitrogens with zero attached hydrogens (tertiary/aromatic N) is 3. The van der Waals surface area contributed by atoms with Crippen molar-refractivity contribution in [2.75, 3.05) is 17.2 Å². The largest absolute Gasteiger partial charge is 0.480 e. The number of aryl methyl sites for hydroxylation is 1. The van der Waals surface area contributed by atoms with Crippen molar-refractivity contribution in [3.8, 4) is 11.1 Å². The van der Waals surface area contributed by atoms with Crippen molar-refractivity contribution in [2.24, 2.45) is 0 Å². The molecule has 4 N–H and O–H groups in total. The summed E-state index contributed by atoms with van der Waals surface area (Å²) in [6.45, 7) is 2.52. The zero-order valence-electron chi connectivity index (χ0n) is 19.1. The molecule has 0 unspecified atom stereocenters. The zero-order chi connectivity index (χ0) is 25.2. The topological polar surface area (TPSA) is 138 Å². The summed E-state index contributed by atoms with van der Waals surface area (Å²) >= 11 is 6.50. The minimum absolute atomic E-state index is 0.181. The first-order chi connectivity index (χ1) is 17.4. The number of aliphatic carboxylic acids is 1. The van der Waals surface area contributed by atoms with Gasteiger partial charge in [0.1, 0.15) is 12.4 Å². The van der Waals surface area contributed by atoms with Crippen LogP contribution in [0, 0.1) is 6.92 Å². The van der Waals surface area contributed by atoms with E-state index in [1.54, 1.807) is 18.3 Å². The smallest absolute Gasteiger partial charge is 0.323 e. The number of anilines is 3. The minimum Gasteiger partial charge on any atom is -0.480 e. The summed E-state index contributed by atoms with van der Waals surface area (Å²) in [6, 6.07) is 12.5. The standard InChI is InChI=1S/C25H21ClN6O4/c1-13-3-2-4-19(26)21(13)18-8-15-9-27-24(29-17-6-5-14-11-36-12-16(14)7-17)31-22(15)30-23(18)32-25(35)28-10-20(33)34/h2-9H,10-12H2,1H3,(H,33,34)(H3,27,28,29,30,31,32,35). The lowest BCUT2D eigenvalue weighted by molar-refractivity contribution is -0.135. The lowest BCUT2D eigenvalue weighted by atomic mass is 10.00. The Morgan fingerprint density at radius 1 is 1.11 bits per heavy atom. The molecular formula is C25H21ClN6O4. The number of ether oxygens (including phenoxy) is 1. The Hall–Kier alpha value is -4.28. The zero-order valence-corrected chi connectivity index (χ0v) is 19.9. The van der Waals surface area contributed by atoms with E-state index in [-0.39, 0.29) is 5.82 Å². The van der Waals surface area contributed by atoms with E-state index >= 15 is 0 Å². The van der Waals surface area contributed by atoms with Crippen LogP contribution >= 0.6 is 11.6 Å². The maximum atomic E-state index is 12.4. The molecular weight excluding hydrogens is 484 g/mol. The van der Waals surface area contributed by atoms with Crippen LogP contribution < -0.4 is 16.0 Å². The molecule has 0 radical (unpaired) electrons. The summed E-state index contributed by atoms with van der Waals surface area (Å²) in [5, 5.41) is 18.1. The van der Waals surface area contributed by atoms with Crippen LogP contribution in [0.5, 0.6) is 0 Å². The van der Waals surface area contributed by atoms with Crippen molar-refractivity contribution in [2.45, 2.75) is 20.1 Å². The van der Waals surface area contributed by atoms with Gasteiger partial charge in [-0.25, -0.2) is 14.8 Å². The second-order valence-electron chi connectivity index (χ2n) is 8.23. The van der Waals surface area contributed by atoms with E-state index in [9.17, 15) is 9.59 Å². The number of urea groups is 1. The molecule has 0 saturated carbocycles. The third-order valence-corrected chi connectivity index (χ3v) is 5.98. The van der Waals surface area contributed by atoms with Crippen LogP contribution in [0.2, 0.25) is 5.02 Å². The molecule has 36 heavy (non-hydrogen) atoms. The molecule has 3 heterocycles. The van der Waals surface area contributed by atoms with E-state index in [0.717, 1.165) is 22.4 Å². The van der Waals surface area contributed by atoms with Gasteiger partial charge in [0.25, 0.3) is 0 Å². The van der Waals surface area contributed by atoms with Crippen molar-refractivity contribution in [1.29, 1.82) is 0 Å². The molecule has 0 bridgehead atoms. The Morgan fingerprint density at radius 2 is 1.94 bits per heavy atom. The number of carbonyl (C=O) groups excluding carboxylic acids is 1. The van der Waals surface area contributed by atoms with Crippen LogP contribution in [0.4, 0.5) is 22.2 Å². The predicted octanol–water partition coefficient (Wildman–Crippen LogP) is 4.63. The number of carbonyl (C=O) groups is 2. The first kappa shape index (κ1) is 23.5. The summed E-state index contributed by atoms with van der Waals surface area (Å²) in [5.41, 5.74) is 5.52. The number of halogens is 1. The number of nitrogens with one attached hydrogen (secondary N) is 3. The van der Waals surface area contributed by atoms with Gasteiger partial charge in [0.15, 0.2) is 5.65 Å². The number of hydrogen-bond acceptors (Lipinski definition) is 7. The van der Waals surface area contributed by atoms with E-state index in [2.05, 4.69) is 30.9 Å². The quantitative estimate of drug-likeness (QED) is 0.298. The van der Waals surface area contributed by atoms with E-state index in [1.165, 1.54) is 0 Å². The van der Waals surface area contributed by atoms with E-state index in [1.807, 2.05) is 37.3 Å². The molecule has 1 aliphatic heterocycles. The lowest BCUT2D eigenvalue weighted by Crippen LogP contribution is -2.33. The van der Waals surface area contributed by atoms with Gasteiger partial charge in [-0.15, -0.1) is 0 Å². The van der Waals surface area contributed by atoms with Gasteiger partial charge in [0.2, 0.25) is 5.95 Å². The van der Waals surface area contributed by atoms with E-state index in [0.29, 0.717) is 46.3 Å².